The van der Waals surface area contributed by atoms with Gasteiger partial charge in [0.1, 0.15) is 0 Å². The van der Waals surface area contributed by atoms with Crippen molar-refractivity contribution in [2.24, 2.45) is 10.4 Å². The van der Waals surface area contributed by atoms with E-state index in [0.29, 0.717) is 5.41 Å². The van der Waals surface area contributed by atoms with Crippen LogP contribution < -0.4 is 5.32 Å². The van der Waals surface area contributed by atoms with Crippen LogP contribution >= 0.6 is 35.3 Å². The predicted molar refractivity (Wildman–Crippen MR) is 99.6 cm³/mol. The fourth-order valence-corrected chi connectivity index (χ4v) is 4.35. The first-order valence-corrected chi connectivity index (χ1v) is 8.45. The fourth-order valence-electron chi connectivity index (χ4n) is 3.64. The molecule has 6 heteroatoms. The van der Waals surface area contributed by atoms with E-state index >= 15 is 0 Å². The molecular weight excluding hydrogens is 395 g/mol. The van der Waals surface area contributed by atoms with Crippen LogP contribution in [0.25, 0.3) is 0 Å². The van der Waals surface area contributed by atoms with Gasteiger partial charge in [-0.1, -0.05) is 12.8 Å². The van der Waals surface area contributed by atoms with Crippen molar-refractivity contribution in [2.45, 2.75) is 45.6 Å². The molecule has 3 rings (SSSR count). The van der Waals surface area contributed by atoms with Crippen LogP contribution in [0.2, 0.25) is 0 Å². The van der Waals surface area contributed by atoms with E-state index < -0.39 is 0 Å². The number of hydrogen-bond donors (Lipinski definition) is 1. The van der Waals surface area contributed by atoms with Gasteiger partial charge >= 0.3 is 0 Å². The standard InChI is InChI=1S/C15H24N4S.HI/c1-12-13(20-11-18-12)9-17-14(16-2)19-8-7-15(10-19)5-3-4-6-15;/h11H,3-10H2,1-2H3,(H,16,17);1H. The SMILES string of the molecule is CN=C(NCc1scnc1C)N1CCC2(CCCC2)C1.I. The zero-order valence-corrected chi connectivity index (χ0v) is 16.0. The first-order chi connectivity index (χ1) is 9.72. The monoisotopic (exact) mass is 420 g/mol. The maximum atomic E-state index is 4.47. The number of guanidine groups is 1. The normalized spacial score (nSPS) is 20.9. The molecule has 1 saturated carbocycles. The van der Waals surface area contributed by atoms with Gasteiger partial charge < -0.3 is 10.2 Å². The van der Waals surface area contributed by atoms with Crippen molar-refractivity contribution in [3.05, 3.63) is 16.1 Å². The molecule has 2 aliphatic rings. The van der Waals surface area contributed by atoms with Gasteiger partial charge in [-0.15, -0.1) is 35.3 Å². The first kappa shape index (κ1) is 17.0. The van der Waals surface area contributed by atoms with Crippen molar-refractivity contribution in [3.8, 4) is 0 Å². The van der Waals surface area contributed by atoms with Crippen molar-refractivity contribution in [3.63, 3.8) is 0 Å². The van der Waals surface area contributed by atoms with E-state index in [1.807, 2.05) is 12.6 Å². The molecule has 1 saturated heterocycles. The Bertz CT molecular complexity index is 494. The van der Waals surface area contributed by atoms with Gasteiger partial charge in [0, 0.05) is 25.0 Å². The highest BCUT2D eigenvalue weighted by Gasteiger charge is 2.41. The lowest BCUT2D eigenvalue weighted by molar-refractivity contribution is 0.309. The lowest BCUT2D eigenvalue weighted by Crippen LogP contribution is -2.40. The Hall–Kier alpha value is -0.370. The molecule has 0 aromatic carbocycles. The topological polar surface area (TPSA) is 40.5 Å². The van der Waals surface area contributed by atoms with Gasteiger partial charge in [-0.2, -0.15) is 0 Å². The molecule has 21 heavy (non-hydrogen) atoms. The van der Waals surface area contributed by atoms with E-state index in [1.165, 1.54) is 43.5 Å². The Balaban J connectivity index is 0.00000161. The molecule has 0 radical (unpaired) electrons. The van der Waals surface area contributed by atoms with E-state index in [4.69, 9.17) is 0 Å². The summed E-state index contributed by atoms with van der Waals surface area (Å²) in [4.78, 5) is 12.5. The number of hydrogen-bond acceptors (Lipinski definition) is 3. The molecule has 0 amide bonds. The Morgan fingerprint density at radius 1 is 1.43 bits per heavy atom. The number of aromatic nitrogens is 1. The molecular formula is C15H25IN4S. The van der Waals surface area contributed by atoms with Crippen LogP contribution in [0.4, 0.5) is 0 Å². The quantitative estimate of drug-likeness (QED) is 0.453. The molecule has 118 valence electrons. The van der Waals surface area contributed by atoms with Gasteiger partial charge in [0.2, 0.25) is 0 Å². The third-order valence-corrected chi connectivity index (χ3v) is 5.80. The third kappa shape index (κ3) is 3.70. The molecule has 1 aliphatic carbocycles. The molecule has 4 nitrogen and oxygen atoms in total. The van der Waals surface area contributed by atoms with Gasteiger partial charge in [-0.3, -0.25) is 4.99 Å². The van der Waals surface area contributed by atoms with E-state index in [9.17, 15) is 0 Å². The molecule has 2 heterocycles. The first-order valence-electron chi connectivity index (χ1n) is 7.57. The second-order valence-electron chi connectivity index (χ2n) is 6.14. The number of nitrogens with one attached hydrogen (secondary N) is 1. The lowest BCUT2D eigenvalue weighted by atomic mass is 9.86. The molecule has 1 aromatic rings. The summed E-state index contributed by atoms with van der Waals surface area (Å²) < 4.78 is 0. The van der Waals surface area contributed by atoms with Crippen molar-refractivity contribution in [2.75, 3.05) is 20.1 Å². The smallest absolute Gasteiger partial charge is 0.193 e. The Labute approximate surface area is 148 Å². The highest BCUT2D eigenvalue weighted by Crippen LogP contribution is 2.45. The maximum absolute atomic E-state index is 4.47. The van der Waals surface area contributed by atoms with Gasteiger partial charge in [-0.25, -0.2) is 4.98 Å². The van der Waals surface area contributed by atoms with Gasteiger partial charge in [0.25, 0.3) is 0 Å². The molecule has 1 aliphatic heterocycles. The third-order valence-electron chi connectivity index (χ3n) is 4.87. The van der Waals surface area contributed by atoms with E-state index in [0.717, 1.165) is 24.7 Å². The molecule has 2 fully saturated rings. The molecule has 1 aromatic heterocycles. The number of halogens is 1. The molecule has 0 atom stereocenters. The van der Waals surface area contributed by atoms with Gasteiger partial charge in [-0.05, 0) is 31.6 Å². The van der Waals surface area contributed by atoms with Crippen LogP contribution in [0, 0.1) is 12.3 Å². The average Bonchev–Trinajstić information content (AvgIpc) is 3.16. The molecule has 1 N–H and O–H groups in total. The second-order valence-corrected chi connectivity index (χ2v) is 7.08. The Morgan fingerprint density at radius 3 is 2.81 bits per heavy atom. The van der Waals surface area contributed by atoms with Crippen molar-refractivity contribution < 1.29 is 0 Å². The fraction of sp³-hybridized carbons (Fsp3) is 0.733. The minimum atomic E-state index is 0. The predicted octanol–water partition coefficient (Wildman–Crippen LogP) is 3.41. The zero-order chi connectivity index (χ0) is 14.0. The van der Waals surface area contributed by atoms with Crippen LogP contribution in [0.3, 0.4) is 0 Å². The van der Waals surface area contributed by atoms with Gasteiger partial charge in [0.15, 0.2) is 5.96 Å². The highest BCUT2D eigenvalue weighted by molar-refractivity contribution is 14.0. The summed E-state index contributed by atoms with van der Waals surface area (Å²) in [6.45, 7) is 5.25. The summed E-state index contributed by atoms with van der Waals surface area (Å²) in [6.07, 6.45) is 7.00. The Kier molecular flexibility index (Phi) is 5.88. The summed E-state index contributed by atoms with van der Waals surface area (Å²) in [5, 5.41) is 3.51. The van der Waals surface area contributed by atoms with Crippen LogP contribution in [0.15, 0.2) is 10.5 Å². The minimum Gasteiger partial charge on any atom is -0.351 e. The molecule has 0 unspecified atom stereocenters. The zero-order valence-electron chi connectivity index (χ0n) is 12.9. The minimum absolute atomic E-state index is 0. The van der Waals surface area contributed by atoms with Crippen molar-refractivity contribution in [1.82, 2.24) is 15.2 Å². The summed E-state index contributed by atoms with van der Waals surface area (Å²) >= 11 is 1.72. The number of thiazole rings is 1. The largest absolute Gasteiger partial charge is 0.351 e. The van der Waals surface area contributed by atoms with E-state index in [1.54, 1.807) is 11.3 Å². The van der Waals surface area contributed by atoms with Crippen molar-refractivity contribution >= 4 is 41.3 Å². The summed E-state index contributed by atoms with van der Waals surface area (Å²) in [7, 11) is 1.89. The van der Waals surface area contributed by atoms with Gasteiger partial charge in [0.05, 0.1) is 17.7 Å². The van der Waals surface area contributed by atoms with Crippen LogP contribution in [-0.2, 0) is 6.54 Å². The summed E-state index contributed by atoms with van der Waals surface area (Å²) in [5.74, 6) is 1.06. The van der Waals surface area contributed by atoms with Crippen LogP contribution in [0.1, 0.15) is 42.7 Å². The maximum Gasteiger partial charge on any atom is 0.193 e. The van der Waals surface area contributed by atoms with Crippen molar-refractivity contribution in [1.29, 1.82) is 0 Å². The number of likely N-dealkylation sites (tertiary alicyclic amines) is 1. The Morgan fingerprint density at radius 2 is 2.19 bits per heavy atom. The average molecular weight is 420 g/mol. The lowest BCUT2D eigenvalue weighted by Gasteiger charge is -2.25. The summed E-state index contributed by atoms with van der Waals surface area (Å²) in [6, 6.07) is 0. The highest BCUT2D eigenvalue weighted by atomic mass is 127. The summed E-state index contributed by atoms with van der Waals surface area (Å²) in [5.41, 5.74) is 3.64. The number of aliphatic imine (C=N–C) groups is 1. The second kappa shape index (κ2) is 7.26. The molecule has 1 spiro atoms. The van der Waals surface area contributed by atoms with E-state index in [-0.39, 0.29) is 24.0 Å². The number of rotatable bonds is 2. The number of aryl methyl sites for hydroxylation is 1. The van der Waals surface area contributed by atoms with Crippen LogP contribution in [0.5, 0.6) is 0 Å². The molecule has 0 bridgehead atoms. The van der Waals surface area contributed by atoms with E-state index in [2.05, 4.69) is 27.1 Å². The van der Waals surface area contributed by atoms with Crippen LogP contribution in [-0.4, -0.2) is 36.0 Å². The number of nitrogens with zero attached hydrogens (tertiary/aromatic N) is 3.